The Morgan fingerprint density at radius 1 is 1.39 bits per heavy atom. The number of aromatic nitrogens is 4. The molecule has 0 aliphatic rings. The van der Waals surface area contributed by atoms with Crippen LogP contribution in [0.4, 0.5) is 13.2 Å². The molecule has 0 aliphatic carbocycles. The Kier molecular flexibility index (Phi) is 2.77. The van der Waals surface area contributed by atoms with E-state index in [1.165, 1.54) is 12.1 Å². The van der Waals surface area contributed by atoms with E-state index in [0.29, 0.717) is 4.52 Å². The Morgan fingerprint density at radius 2 is 2.11 bits per heavy atom. The van der Waals surface area contributed by atoms with Crippen molar-refractivity contribution in [2.75, 3.05) is 6.61 Å². The summed E-state index contributed by atoms with van der Waals surface area (Å²) in [4.78, 5) is 10.2. The second-order valence-electron chi connectivity index (χ2n) is 3.15. The molecule has 2 rings (SSSR count). The summed E-state index contributed by atoms with van der Waals surface area (Å²) in [6, 6.07) is 2.39. The first-order valence-corrected chi connectivity index (χ1v) is 4.52. The lowest BCUT2D eigenvalue weighted by Gasteiger charge is -2.05. The van der Waals surface area contributed by atoms with Crippen LogP contribution in [0.25, 0.3) is 5.65 Å². The zero-order valence-corrected chi connectivity index (χ0v) is 8.55. The van der Waals surface area contributed by atoms with Crippen LogP contribution in [0.5, 0.6) is 5.88 Å². The van der Waals surface area contributed by atoms with E-state index >= 15 is 0 Å². The maximum atomic E-state index is 12.5. The highest BCUT2D eigenvalue weighted by Crippen LogP contribution is 2.27. The van der Waals surface area contributed by atoms with Gasteiger partial charge in [-0.3, -0.25) is 0 Å². The van der Waals surface area contributed by atoms with Crippen molar-refractivity contribution in [3.8, 4) is 5.88 Å². The molecule has 0 aromatic carbocycles. The molecule has 2 aromatic rings. The number of halogens is 3. The zero-order valence-electron chi connectivity index (χ0n) is 8.55. The van der Waals surface area contributed by atoms with Gasteiger partial charge in [-0.1, -0.05) is 0 Å². The number of hydrogen-bond acceptors (Lipinski definition) is 5. The lowest BCUT2D eigenvalue weighted by molar-refractivity contribution is -0.146. The first-order valence-electron chi connectivity index (χ1n) is 4.52. The fourth-order valence-corrected chi connectivity index (χ4v) is 1.16. The second-order valence-corrected chi connectivity index (χ2v) is 3.15. The van der Waals surface area contributed by atoms with E-state index in [0.717, 1.165) is 0 Å². The highest BCUT2D eigenvalue weighted by molar-refractivity contribution is 5.68. The number of carbonyl (C=O) groups is 1. The Bertz CT molecular complexity index is 595. The SMILES string of the molecule is O=C(O)COc1ccc2nnc(C(F)(F)F)n2n1. The van der Waals surface area contributed by atoms with E-state index in [9.17, 15) is 18.0 Å². The predicted octanol–water partition coefficient (Wildman–Crippen LogP) is 0.606. The van der Waals surface area contributed by atoms with E-state index in [1.807, 2.05) is 0 Å². The minimum Gasteiger partial charge on any atom is -0.479 e. The Balaban J connectivity index is 2.39. The quantitative estimate of drug-likeness (QED) is 0.871. The topological polar surface area (TPSA) is 89.6 Å². The third-order valence-electron chi connectivity index (χ3n) is 1.84. The molecule has 96 valence electrons. The highest BCUT2D eigenvalue weighted by atomic mass is 19.4. The maximum Gasteiger partial charge on any atom is 0.453 e. The second kappa shape index (κ2) is 4.13. The largest absolute Gasteiger partial charge is 0.479 e. The molecule has 0 saturated carbocycles. The van der Waals surface area contributed by atoms with Crippen LogP contribution in [0.15, 0.2) is 12.1 Å². The molecule has 0 amide bonds. The van der Waals surface area contributed by atoms with Crippen LogP contribution < -0.4 is 4.74 Å². The van der Waals surface area contributed by atoms with Gasteiger partial charge in [0.15, 0.2) is 12.3 Å². The van der Waals surface area contributed by atoms with E-state index < -0.39 is 24.6 Å². The van der Waals surface area contributed by atoms with E-state index in [1.54, 1.807) is 0 Å². The van der Waals surface area contributed by atoms with Gasteiger partial charge in [0.05, 0.1) is 0 Å². The van der Waals surface area contributed by atoms with E-state index in [2.05, 4.69) is 20.0 Å². The molecule has 18 heavy (non-hydrogen) atoms. The number of aliphatic carboxylic acids is 1. The molecule has 0 spiro atoms. The average Bonchev–Trinajstić information content (AvgIpc) is 2.68. The van der Waals surface area contributed by atoms with Gasteiger partial charge in [-0.15, -0.1) is 15.3 Å². The summed E-state index contributed by atoms with van der Waals surface area (Å²) in [5, 5.41) is 18.1. The lowest BCUT2D eigenvalue weighted by Crippen LogP contribution is -2.14. The lowest BCUT2D eigenvalue weighted by atomic mass is 10.5. The molecule has 0 fully saturated rings. The Labute approximate surface area is 96.8 Å². The Morgan fingerprint density at radius 3 is 2.72 bits per heavy atom. The van der Waals surface area contributed by atoms with Crippen molar-refractivity contribution < 1.29 is 27.8 Å². The van der Waals surface area contributed by atoms with Crippen molar-refractivity contribution in [2.45, 2.75) is 6.18 Å². The van der Waals surface area contributed by atoms with Gasteiger partial charge in [-0.05, 0) is 6.07 Å². The number of fused-ring (bicyclic) bond motifs is 1. The highest BCUT2D eigenvalue weighted by Gasteiger charge is 2.37. The monoisotopic (exact) mass is 262 g/mol. The molecule has 0 unspecified atom stereocenters. The third kappa shape index (κ3) is 2.31. The van der Waals surface area contributed by atoms with Crippen molar-refractivity contribution in [3.63, 3.8) is 0 Å². The smallest absolute Gasteiger partial charge is 0.453 e. The first-order chi connectivity index (χ1) is 8.38. The normalized spacial score (nSPS) is 11.7. The van der Waals surface area contributed by atoms with E-state index in [-0.39, 0.29) is 11.5 Å². The molecule has 10 heteroatoms. The summed E-state index contributed by atoms with van der Waals surface area (Å²) in [7, 11) is 0. The molecule has 0 atom stereocenters. The van der Waals surface area contributed by atoms with Crippen molar-refractivity contribution in [1.82, 2.24) is 19.8 Å². The van der Waals surface area contributed by atoms with Crippen molar-refractivity contribution in [1.29, 1.82) is 0 Å². The van der Waals surface area contributed by atoms with Crippen LogP contribution in [0.3, 0.4) is 0 Å². The summed E-state index contributed by atoms with van der Waals surface area (Å²) >= 11 is 0. The number of nitrogens with zero attached hydrogens (tertiary/aromatic N) is 4. The molecule has 2 aromatic heterocycles. The predicted molar refractivity (Wildman–Crippen MR) is 48.9 cm³/mol. The van der Waals surface area contributed by atoms with Crippen LogP contribution >= 0.6 is 0 Å². The summed E-state index contributed by atoms with van der Waals surface area (Å²) < 4.78 is 42.6. The molecule has 0 radical (unpaired) electrons. The van der Waals surface area contributed by atoms with Crippen molar-refractivity contribution in [2.24, 2.45) is 0 Å². The standard InChI is InChI=1S/C8H5F3N4O3/c9-8(10,11)7-13-12-4-1-2-5(14-15(4)7)18-3-6(16)17/h1-2H,3H2,(H,16,17). The molecule has 0 saturated heterocycles. The van der Waals surface area contributed by atoms with Gasteiger partial charge in [0, 0.05) is 6.07 Å². The van der Waals surface area contributed by atoms with Crippen molar-refractivity contribution in [3.05, 3.63) is 18.0 Å². The average molecular weight is 262 g/mol. The van der Waals surface area contributed by atoms with Gasteiger partial charge < -0.3 is 9.84 Å². The Hall–Kier alpha value is -2.39. The molecule has 2 heterocycles. The van der Waals surface area contributed by atoms with Gasteiger partial charge in [-0.2, -0.15) is 17.7 Å². The van der Waals surface area contributed by atoms with Crippen LogP contribution in [0.1, 0.15) is 5.82 Å². The van der Waals surface area contributed by atoms with Crippen LogP contribution in [0.2, 0.25) is 0 Å². The number of carboxylic acids is 1. The van der Waals surface area contributed by atoms with Gasteiger partial charge in [0.25, 0.3) is 5.82 Å². The van der Waals surface area contributed by atoms with Crippen LogP contribution in [0, 0.1) is 0 Å². The fraction of sp³-hybridized carbons (Fsp3) is 0.250. The van der Waals surface area contributed by atoms with Crippen molar-refractivity contribution >= 4 is 11.6 Å². The number of rotatable bonds is 3. The minimum absolute atomic E-state index is 0.120. The van der Waals surface area contributed by atoms with Crippen LogP contribution in [-0.4, -0.2) is 37.5 Å². The molecule has 0 aliphatic heterocycles. The maximum absolute atomic E-state index is 12.5. The number of carboxylic acid groups (broad SMARTS) is 1. The number of hydrogen-bond donors (Lipinski definition) is 1. The van der Waals surface area contributed by atoms with E-state index in [4.69, 9.17) is 5.11 Å². The van der Waals surface area contributed by atoms with Gasteiger partial charge in [-0.25, -0.2) is 4.79 Å². The molecule has 0 bridgehead atoms. The van der Waals surface area contributed by atoms with Gasteiger partial charge >= 0.3 is 12.1 Å². The summed E-state index contributed by atoms with van der Waals surface area (Å²) in [6.07, 6.45) is -4.71. The molecular weight excluding hydrogens is 257 g/mol. The molecule has 7 nitrogen and oxygen atoms in total. The van der Waals surface area contributed by atoms with Crippen LogP contribution in [-0.2, 0) is 11.0 Å². The fourth-order valence-electron chi connectivity index (χ4n) is 1.16. The number of alkyl halides is 3. The first kappa shape index (κ1) is 12.1. The zero-order chi connectivity index (χ0) is 13.3. The van der Waals surface area contributed by atoms with Gasteiger partial charge in [0.2, 0.25) is 5.88 Å². The third-order valence-corrected chi connectivity index (χ3v) is 1.84. The minimum atomic E-state index is -4.71. The summed E-state index contributed by atoms with van der Waals surface area (Å²) in [6.45, 7) is -0.706. The summed E-state index contributed by atoms with van der Waals surface area (Å²) in [5.41, 5.74) is -0.120. The molecule has 1 N–H and O–H groups in total. The number of ether oxygens (including phenoxy) is 1. The summed E-state index contributed by atoms with van der Waals surface area (Å²) in [5.74, 6) is -2.84. The van der Waals surface area contributed by atoms with Gasteiger partial charge in [0.1, 0.15) is 0 Å². The molecular formula is C8H5F3N4O3.